The zero-order chi connectivity index (χ0) is 24.1. The van der Waals surface area contributed by atoms with E-state index in [0.717, 1.165) is 37.7 Å². The quantitative estimate of drug-likeness (QED) is 0.333. The Hall–Kier alpha value is -2.05. The fraction of sp³-hybridized carbons (Fsp3) is 0.478. The number of ether oxygens (including phenoxy) is 2. The maximum Gasteiger partial charge on any atom is 0.341 e. The summed E-state index contributed by atoms with van der Waals surface area (Å²) >= 11 is 7.05. The Kier molecular flexibility index (Phi) is 8.20. The molecule has 1 fully saturated rings. The highest BCUT2D eigenvalue weighted by Crippen LogP contribution is 2.38. The van der Waals surface area contributed by atoms with Crippen molar-refractivity contribution >= 4 is 55.3 Å². The molecule has 4 rings (SSSR count). The smallest absolute Gasteiger partial charge is 0.341 e. The van der Waals surface area contributed by atoms with Crippen molar-refractivity contribution in [3.8, 4) is 0 Å². The molecular weight excluding hydrogens is 494 g/mol. The minimum absolute atomic E-state index is 0.227. The number of nitrogens with one attached hydrogen (secondary N) is 2. The van der Waals surface area contributed by atoms with Crippen molar-refractivity contribution in [1.29, 1.82) is 0 Å². The molecule has 0 spiro atoms. The van der Waals surface area contributed by atoms with E-state index < -0.39 is 10.0 Å². The van der Waals surface area contributed by atoms with Gasteiger partial charge < -0.3 is 20.1 Å². The fourth-order valence-electron chi connectivity index (χ4n) is 4.16. The second-order valence-electron chi connectivity index (χ2n) is 8.11. The molecule has 11 heteroatoms. The van der Waals surface area contributed by atoms with Crippen LogP contribution in [0.4, 0.5) is 10.7 Å². The van der Waals surface area contributed by atoms with Crippen molar-refractivity contribution in [2.75, 3.05) is 43.5 Å². The lowest BCUT2D eigenvalue weighted by Gasteiger charge is -2.26. The van der Waals surface area contributed by atoms with Crippen molar-refractivity contribution in [3.63, 3.8) is 0 Å². The van der Waals surface area contributed by atoms with E-state index in [2.05, 4.69) is 10.6 Å². The first-order valence-corrected chi connectivity index (χ1v) is 14.1. The third-order valence-corrected chi connectivity index (χ3v) is 9.17. The van der Waals surface area contributed by atoms with Gasteiger partial charge in [0.2, 0.25) is 10.0 Å². The van der Waals surface area contributed by atoms with Crippen LogP contribution in [0.2, 0.25) is 0 Å². The van der Waals surface area contributed by atoms with E-state index in [1.54, 1.807) is 42.5 Å². The number of hydrogen-bond acceptors (Lipinski definition) is 7. The average Bonchev–Trinajstić information content (AvgIpc) is 3.00. The molecule has 0 amide bonds. The first kappa shape index (κ1) is 25.1. The first-order valence-electron chi connectivity index (χ1n) is 11.5. The fourth-order valence-corrected chi connectivity index (χ4v) is 7.14. The molecule has 0 bridgehead atoms. The summed E-state index contributed by atoms with van der Waals surface area (Å²) in [6.45, 7) is 3.61. The average molecular weight is 524 g/mol. The van der Waals surface area contributed by atoms with E-state index in [1.165, 1.54) is 9.18 Å². The van der Waals surface area contributed by atoms with Gasteiger partial charge in [-0.15, -0.1) is 11.3 Å². The summed E-state index contributed by atoms with van der Waals surface area (Å²) in [6.07, 6.45) is 5.13. The maximum atomic E-state index is 12.8. The van der Waals surface area contributed by atoms with E-state index in [4.69, 9.17) is 21.7 Å². The molecule has 2 N–H and O–H groups in total. The van der Waals surface area contributed by atoms with Gasteiger partial charge in [-0.25, -0.2) is 13.2 Å². The number of carbonyl (C=O) groups is 1. The number of hydrogen-bond donors (Lipinski definition) is 2. The number of aryl methyl sites for hydroxylation is 1. The Labute approximate surface area is 209 Å². The Morgan fingerprint density at radius 1 is 1.12 bits per heavy atom. The molecule has 1 saturated heterocycles. The van der Waals surface area contributed by atoms with E-state index >= 15 is 0 Å². The van der Waals surface area contributed by atoms with Crippen LogP contribution < -0.4 is 10.6 Å². The van der Waals surface area contributed by atoms with Gasteiger partial charge in [-0.1, -0.05) is 6.42 Å². The Morgan fingerprint density at radius 2 is 1.82 bits per heavy atom. The zero-order valence-electron chi connectivity index (χ0n) is 19.1. The number of benzene rings is 1. The van der Waals surface area contributed by atoms with E-state index in [-0.39, 0.29) is 10.9 Å². The van der Waals surface area contributed by atoms with Crippen LogP contribution >= 0.6 is 23.6 Å². The van der Waals surface area contributed by atoms with Gasteiger partial charge in [0.05, 0.1) is 30.3 Å². The van der Waals surface area contributed by atoms with Crippen LogP contribution in [0.5, 0.6) is 0 Å². The molecule has 1 aromatic heterocycles. The minimum atomic E-state index is -3.55. The summed E-state index contributed by atoms with van der Waals surface area (Å²) in [6, 6.07) is 6.48. The summed E-state index contributed by atoms with van der Waals surface area (Å²) in [4.78, 5) is 14.2. The molecule has 8 nitrogen and oxygen atoms in total. The van der Waals surface area contributed by atoms with Gasteiger partial charge in [0, 0.05) is 23.7 Å². The molecule has 0 unspecified atom stereocenters. The third kappa shape index (κ3) is 5.60. The number of nitrogens with zero attached hydrogens (tertiary/aromatic N) is 1. The molecule has 2 aliphatic rings. The van der Waals surface area contributed by atoms with Crippen LogP contribution in [-0.2, 0) is 32.3 Å². The lowest BCUT2D eigenvalue weighted by Crippen LogP contribution is -2.40. The van der Waals surface area contributed by atoms with Crippen molar-refractivity contribution in [1.82, 2.24) is 4.31 Å². The molecule has 1 aliphatic heterocycles. The normalized spacial score (nSPS) is 16.9. The van der Waals surface area contributed by atoms with Gasteiger partial charge in [-0.2, -0.15) is 4.31 Å². The number of esters is 1. The number of thiocarbonyl (C=S) groups is 1. The highest BCUT2D eigenvalue weighted by atomic mass is 32.2. The van der Waals surface area contributed by atoms with Crippen LogP contribution in [0.15, 0.2) is 29.2 Å². The van der Waals surface area contributed by atoms with Gasteiger partial charge in [-0.3, -0.25) is 0 Å². The molecule has 2 heterocycles. The lowest BCUT2D eigenvalue weighted by molar-refractivity contribution is 0.0527. The molecule has 1 aromatic carbocycles. The molecule has 2 aromatic rings. The molecule has 0 atom stereocenters. The molecule has 34 heavy (non-hydrogen) atoms. The molecular formula is C23H29N3O5S3. The van der Waals surface area contributed by atoms with Crippen molar-refractivity contribution in [2.45, 2.75) is 43.9 Å². The number of fused-ring (bicyclic) bond motifs is 1. The predicted octanol–water partition coefficient (Wildman–Crippen LogP) is 4.02. The second-order valence-corrected chi connectivity index (χ2v) is 11.6. The molecule has 184 valence electrons. The summed E-state index contributed by atoms with van der Waals surface area (Å²) < 4.78 is 37.6. The van der Waals surface area contributed by atoms with Gasteiger partial charge >= 0.3 is 5.97 Å². The summed E-state index contributed by atoms with van der Waals surface area (Å²) in [5.41, 5.74) is 2.30. The van der Waals surface area contributed by atoms with Crippen molar-refractivity contribution < 1.29 is 22.7 Å². The first-order chi connectivity index (χ1) is 16.4. The van der Waals surface area contributed by atoms with E-state index in [9.17, 15) is 13.2 Å². The van der Waals surface area contributed by atoms with Crippen molar-refractivity contribution in [3.05, 3.63) is 40.3 Å². The van der Waals surface area contributed by atoms with Gasteiger partial charge in [0.25, 0.3) is 0 Å². The number of carbonyl (C=O) groups excluding carboxylic acids is 1. The van der Waals surface area contributed by atoms with Crippen LogP contribution in [0.1, 0.15) is 47.0 Å². The van der Waals surface area contributed by atoms with Crippen LogP contribution in [0.25, 0.3) is 0 Å². The highest BCUT2D eigenvalue weighted by molar-refractivity contribution is 7.89. The highest BCUT2D eigenvalue weighted by Gasteiger charge is 2.27. The lowest BCUT2D eigenvalue weighted by atomic mass is 10.1. The Bertz CT molecular complexity index is 1140. The van der Waals surface area contributed by atoms with Crippen LogP contribution in [0, 0.1) is 0 Å². The summed E-state index contributed by atoms with van der Waals surface area (Å²) in [5, 5.41) is 7.27. The van der Waals surface area contributed by atoms with Crippen LogP contribution in [0.3, 0.4) is 0 Å². The minimum Gasteiger partial charge on any atom is -0.462 e. The number of anilines is 2. The van der Waals surface area contributed by atoms with Crippen molar-refractivity contribution in [2.24, 2.45) is 0 Å². The topological polar surface area (TPSA) is 97.0 Å². The number of rotatable bonds is 6. The summed E-state index contributed by atoms with van der Waals surface area (Å²) in [7, 11) is -3.55. The SMILES string of the molecule is CCOC(=O)c1c(NC(=S)Nc2ccc(S(=O)(=O)N3CCOCC3)cc2)sc2c1CCCCC2. The monoisotopic (exact) mass is 523 g/mol. The zero-order valence-corrected chi connectivity index (χ0v) is 21.5. The van der Waals surface area contributed by atoms with Gasteiger partial charge in [-0.05, 0) is 74.7 Å². The standard InChI is InChI=1S/C23H29N3O5S3/c1-2-31-22(27)20-18-6-4-3-5-7-19(18)33-21(20)25-23(32)24-16-8-10-17(11-9-16)34(28,29)26-12-14-30-15-13-26/h8-11H,2-7,12-15H2,1H3,(H2,24,25,32). The molecule has 1 aliphatic carbocycles. The molecule has 0 radical (unpaired) electrons. The second kappa shape index (κ2) is 11.1. The predicted molar refractivity (Wildman–Crippen MR) is 137 cm³/mol. The van der Waals surface area contributed by atoms with Gasteiger partial charge in [0.15, 0.2) is 5.11 Å². The number of morpholine rings is 1. The Balaban J connectivity index is 1.47. The number of thiophene rings is 1. The van der Waals surface area contributed by atoms with Crippen LogP contribution in [-0.4, -0.2) is 56.7 Å². The van der Waals surface area contributed by atoms with E-state index in [0.29, 0.717) is 54.3 Å². The largest absolute Gasteiger partial charge is 0.462 e. The third-order valence-electron chi connectivity index (χ3n) is 5.85. The maximum absolute atomic E-state index is 12.8. The number of sulfonamides is 1. The Morgan fingerprint density at radius 3 is 2.53 bits per heavy atom. The summed E-state index contributed by atoms with van der Waals surface area (Å²) in [5.74, 6) is -0.329. The van der Waals surface area contributed by atoms with Gasteiger partial charge in [0.1, 0.15) is 5.00 Å². The van der Waals surface area contributed by atoms with E-state index in [1.807, 2.05) is 0 Å². The molecule has 0 saturated carbocycles.